The maximum atomic E-state index is 12.9. The molecule has 0 saturated carbocycles. The number of carbonyl (C=O) groups excluding carboxylic acids is 2. The van der Waals surface area contributed by atoms with E-state index in [2.05, 4.69) is 5.32 Å². The van der Waals surface area contributed by atoms with E-state index in [1.54, 1.807) is 31.2 Å². The average molecular weight is 464 g/mol. The SMILES string of the molecule is CCOC(=O)C1CC(C(=O)OCc2ccccc2)=Cc2c(c3cc([N+](=O)[O-])ccc3oc2=O)N1. The first-order valence-corrected chi connectivity index (χ1v) is 10.5. The minimum atomic E-state index is -1.04. The molecule has 10 nitrogen and oxygen atoms in total. The molecule has 0 fully saturated rings. The predicted molar refractivity (Wildman–Crippen MR) is 122 cm³/mol. The molecule has 1 N–H and O–H groups in total. The fraction of sp³-hybridized carbons (Fsp3) is 0.208. The van der Waals surface area contributed by atoms with Crippen molar-refractivity contribution in [3.63, 3.8) is 0 Å². The zero-order valence-corrected chi connectivity index (χ0v) is 18.1. The van der Waals surface area contributed by atoms with E-state index in [-0.39, 0.29) is 53.1 Å². The van der Waals surface area contributed by atoms with Crippen molar-refractivity contribution in [2.24, 2.45) is 0 Å². The van der Waals surface area contributed by atoms with Gasteiger partial charge in [0.25, 0.3) is 5.69 Å². The Morgan fingerprint density at radius 1 is 1.18 bits per heavy atom. The van der Waals surface area contributed by atoms with Crippen LogP contribution in [0.3, 0.4) is 0 Å². The number of nitrogens with zero attached hydrogens (tertiary/aromatic N) is 1. The number of esters is 2. The minimum absolute atomic E-state index is 0.000105. The molecule has 1 aliphatic heterocycles. The smallest absolute Gasteiger partial charge is 0.345 e. The van der Waals surface area contributed by atoms with Crippen LogP contribution in [0.1, 0.15) is 24.5 Å². The summed E-state index contributed by atoms with van der Waals surface area (Å²) in [6.07, 6.45) is 1.16. The number of carbonyl (C=O) groups is 2. The highest BCUT2D eigenvalue weighted by Gasteiger charge is 2.31. The number of nitro benzene ring substituents is 1. The van der Waals surface area contributed by atoms with Gasteiger partial charge < -0.3 is 19.2 Å². The van der Waals surface area contributed by atoms with E-state index < -0.39 is 28.5 Å². The summed E-state index contributed by atoms with van der Waals surface area (Å²) in [5, 5.41) is 14.4. The molecule has 1 aliphatic rings. The average Bonchev–Trinajstić information content (AvgIpc) is 3.04. The van der Waals surface area contributed by atoms with Crippen molar-refractivity contribution >= 4 is 40.4 Å². The second kappa shape index (κ2) is 9.57. The predicted octanol–water partition coefficient (Wildman–Crippen LogP) is 3.58. The van der Waals surface area contributed by atoms with Crippen molar-refractivity contribution in [2.75, 3.05) is 11.9 Å². The molecule has 10 heteroatoms. The summed E-state index contributed by atoms with van der Waals surface area (Å²) >= 11 is 0. The molecule has 0 amide bonds. The highest BCUT2D eigenvalue weighted by Crippen LogP contribution is 2.33. The zero-order chi connectivity index (χ0) is 24.2. The van der Waals surface area contributed by atoms with Gasteiger partial charge in [-0.25, -0.2) is 14.4 Å². The Kier molecular flexibility index (Phi) is 6.39. The second-order valence-corrected chi connectivity index (χ2v) is 7.50. The molecule has 2 heterocycles. The molecule has 1 unspecified atom stereocenters. The summed E-state index contributed by atoms with van der Waals surface area (Å²) in [7, 11) is 0. The Balaban J connectivity index is 1.79. The first kappa shape index (κ1) is 22.7. The number of non-ortho nitro benzene ring substituents is 1. The summed E-state index contributed by atoms with van der Waals surface area (Å²) < 4.78 is 15.8. The van der Waals surface area contributed by atoms with E-state index in [0.29, 0.717) is 0 Å². The van der Waals surface area contributed by atoms with E-state index in [4.69, 9.17) is 13.9 Å². The highest BCUT2D eigenvalue weighted by molar-refractivity contribution is 6.02. The Hall–Kier alpha value is -4.47. The molecule has 174 valence electrons. The van der Waals surface area contributed by atoms with Gasteiger partial charge >= 0.3 is 17.6 Å². The quantitative estimate of drug-likeness (QED) is 0.251. The normalized spacial score (nSPS) is 14.9. The molecule has 3 aromatic rings. The Morgan fingerprint density at radius 3 is 2.65 bits per heavy atom. The van der Waals surface area contributed by atoms with Crippen LogP contribution < -0.4 is 10.9 Å². The number of fused-ring (bicyclic) bond motifs is 3. The third-order valence-electron chi connectivity index (χ3n) is 5.24. The lowest BCUT2D eigenvalue weighted by molar-refractivity contribution is -0.384. The largest absolute Gasteiger partial charge is 0.464 e. The molecule has 0 spiro atoms. The Bertz CT molecular complexity index is 1360. The first-order valence-electron chi connectivity index (χ1n) is 10.5. The van der Waals surface area contributed by atoms with Gasteiger partial charge in [0.15, 0.2) is 0 Å². The molecule has 34 heavy (non-hydrogen) atoms. The van der Waals surface area contributed by atoms with Gasteiger partial charge in [-0.2, -0.15) is 0 Å². The maximum absolute atomic E-state index is 12.9. The third kappa shape index (κ3) is 4.65. The van der Waals surface area contributed by atoms with Crippen molar-refractivity contribution in [3.05, 3.63) is 85.8 Å². The summed E-state index contributed by atoms with van der Waals surface area (Å²) in [5.74, 6) is -1.37. The molecule has 1 atom stereocenters. The lowest BCUT2D eigenvalue weighted by Gasteiger charge is -2.18. The molecule has 0 radical (unpaired) electrons. The van der Waals surface area contributed by atoms with E-state index in [1.807, 2.05) is 6.07 Å². The van der Waals surface area contributed by atoms with Crippen LogP contribution in [0.15, 0.2) is 63.3 Å². The Morgan fingerprint density at radius 2 is 1.94 bits per heavy atom. The van der Waals surface area contributed by atoms with Crippen molar-refractivity contribution < 1.29 is 28.4 Å². The van der Waals surface area contributed by atoms with Crippen molar-refractivity contribution in [1.29, 1.82) is 0 Å². The number of hydrogen-bond donors (Lipinski definition) is 1. The molecular weight excluding hydrogens is 444 g/mol. The van der Waals surface area contributed by atoms with Crippen LogP contribution in [-0.4, -0.2) is 29.5 Å². The summed E-state index contributed by atoms with van der Waals surface area (Å²) in [5.41, 5.74) is -0.00516. The van der Waals surface area contributed by atoms with Gasteiger partial charge in [0.2, 0.25) is 0 Å². The highest BCUT2D eigenvalue weighted by atomic mass is 16.6. The van der Waals surface area contributed by atoms with Crippen molar-refractivity contribution in [1.82, 2.24) is 0 Å². The number of ether oxygens (including phenoxy) is 2. The van der Waals surface area contributed by atoms with E-state index >= 15 is 0 Å². The van der Waals surface area contributed by atoms with Gasteiger partial charge in [0.05, 0.1) is 22.8 Å². The van der Waals surface area contributed by atoms with Crippen LogP contribution in [0.2, 0.25) is 0 Å². The molecular formula is C24H20N2O8. The lowest BCUT2D eigenvalue weighted by Crippen LogP contribution is -2.32. The summed E-state index contributed by atoms with van der Waals surface area (Å²) in [4.78, 5) is 49.0. The lowest BCUT2D eigenvalue weighted by atomic mass is 10.1. The third-order valence-corrected chi connectivity index (χ3v) is 5.24. The number of nitro groups is 1. The minimum Gasteiger partial charge on any atom is -0.464 e. The molecule has 0 aliphatic carbocycles. The number of benzene rings is 2. The monoisotopic (exact) mass is 464 g/mol. The first-order chi connectivity index (χ1) is 16.4. The van der Waals surface area contributed by atoms with E-state index in [9.17, 15) is 24.5 Å². The molecule has 4 rings (SSSR count). The van der Waals surface area contributed by atoms with Crippen LogP contribution in [0, 0.1) is 10.1 Å². The molecule has 0 bridgehead atoms. The van der Waals surface area contributed by atoms with Crippen LogP contribution in [0.4, 0.5) is 11.4 Å². The van der Waals surface area contributed by atoms with Gasteiger partial charge in [-0.3, -0.25) is 10.1 Å². The fourth-order valence-corrected chi connectivity index (χ4v) is 3.63. The summed E-state index contributed by atoms with van der Waals surface area (Å²) in [6, 6.07) is 11.7. The van der Waals surface area contributed by atoms with Crippen molar-refractivity contribution in [2.45, 2.75) is 26.0 Å². The van der Waals surface area contributed by atoms with Crippen LogP contribution in [0.25, 0.3) is 17.0 Å². The van der Waals surface area contributed by atoms with Crippen LogP contribution in [-0.2, 0) is 25.7 Å². The maximum Gasteiger partial charge on any atom is 0.345 e. The number of nitrogens with one attached hydrogen (secondary N) is 1. The number of anilines is 1. The molecule has 2 aromatic carbocycles. The van der Waals surface area contributed by atoms with E-state index in [0.717, 1.165) is 5.56 Å². The van der Waals surface area contributed by atoms with Crippen LogP contribution in [0.5, 0.6) is 0 Å². The second-order valence-electron chi connectivity index (χ2n) is 7.50. The standard InChI is InChI=1S/C24H20N2O8/c1-2-32-24(29)19-11-15(22(27)33-13-14-6-4-3-5-7-14)10-18-21(25-19)17-12-16(26(30)31)8-9-20(17)34-23(18)28/h3-10,12,19,25H,2,11,13H2,1H3. The topological polar surface area (TPSA) is 138 Å². The van der Waals surface area contributed by atoms with Gasteiger partial charge in [0, 0.05) is 29.5 Å². The van der Waals surface area contributed by atoms with Gasteiger partial charge in [-0.05, 0) is 24.6 Å². The molecule has 1 aromatic heterocycles. The summed E-state index contributed by atoms with van der Waals surface area (Å²) in [6.45, 7) is 1.74. The van der Waals surface area contributed by atoms with Gasteiger partial charge in [-0.15, -0.1) is 0 Å². The van der Waals surface area contributed by atoms with Gasteiger partial charge in [-0.1, -0.05) is 30.3 Å². The fourth-order valence-electron chi connectivity index (χ4n) is 3.63. The van der Waals surface area contributed by atoms with Crippen LogP contribution >= 0.6 is 0 Å². The Labute approximate surface area is 192 Å². The van der Waals surface area contributed by atoms with Crippen molar-refractivity contribution in [3.8, 4) is 0 Å². The molecule has 0 saturated heterocycles. The van der Waals surface area contributed by atoms with Gasteiger partial charge in [0.1, 0.15) is 18.2 Å². The van der Waals surface area contributed by atoms with E-state index in [1.165, 1.54) is 24.3 Å². The zero-order valence-electron chi connectivity index (χ0n) is 18.1. The number of rotatable bonds is 6. The number of hydrogen-bond acceptors (Lipinski definition) is 9.